The number of carbonyl (C=O) groups is 1. The first-order valence-corrected chi connectivity index (χ1v) is 6.85. The molecule has 110 valence electrons. The third-order valence-corrected chi connectivity index (χ3v) is 3.94. The summed E-state index contributed by atoms with van der Waals surface area (Å²) in [6, 6.07) is 0.997. The van der Waals surface area contributed by atoms with E-state index in [1.54, 1.807) is 4.72 Å². The molecule has 0 heterocycles. The highest BCUT2D eigenvalue weighted by Gasteiger charge is 2.30. The first kappa shape index (κ1) is 16.3. The van der Waals surface area contributed by atoms with Gasteiger partial charge in [-0.05, 0) is 12.1 Å². The predicted molar refractivity (Wildman–Crippen MR) is 66.9 cm³/mol. The van der Waals surface area contributed by atoms with Crippen LogP contribution in [0.5, 0.6) is 0 Å². The first-order valence-electron chi connectivity index (χ1n) is 4.99. The summed E-state index contributed by atoms with van der Waals surface area (Å²) in [6.07, 6.45) is 0. The van der Waals surface area contributed by atoms with E-state index in [0.717, 1.165) is 18.2 Å². The largest absolute Gasteiger partial charge is 0.480 e. The average Bonchev–Trinajstić information content (AvgIpc) is 2.35. The van der Waals surface area contributed by atoms with Gasteiger partial charge < -0.3 is 10.2 Å². The van der Waals surface area contributed by atoms with E-state index < -0.39 is 44.1 Å². The van der Waals surface area contributed by atoms with Crippen LogP contribution in [0.4, 0.5) is 5.69 Å². The van der Waals surface area contributed by atoms with Crippen LogP contribution in [0.25, 0.3) is 0 Å². The Morgan fingerprint density at radius 1 is 1.50 bits per heavy atom. The van der Waals surface area contributed by atoms with E-state index in [1.165, 1.54) is 0 Å². The molecule has 0 bridgehead atoms. The molecule has 11 heteroatoms. The molecule has 0 aliphatic carbocycles. The number of carboxylic acids is 1. The van der Waals surface area contributed by atoms with Crippen LogP contribution in [0.3, 0.4) is 0 Å². The number of nitrogens with one attached hydrogen (secondary N) is 1. The average molecular weight is 325 g/mol. The van der Waals surface area contributed by atoms with Gasteiger partial charge in [-0.3, -0.25) is 14.9 Å². The van der Waals surface area contributed by atoms with Crippen LogP contribution >= 0.6 is 11.6 Å². The fourth-order valence-electron chi connectivity index (χ4n) is 1.28. The van der Waals surface area contributed by atoms with Crippen LogP contribution in [-0.2, 0) is 14.8 Å². The molecule has 0 amide bonds. The lowest BCUT2D eigenvalue weighted by molar-refractivity contribution is -0.387. The number of rotatable bonds is 6. The zero-order chi connectivity index (χ0) is 15.5. The maximum atomic E-state index is 11.9. The van der Waals surface area contributed by atoms with E-state index in [2.05, 4.69) is 0 Å². The number of nitrogens with zero attached hydrogens (tertiary/aromatic N) is 1. The van der Waals surface area contributed by atoms with Crippen LogP contribution in [-0.4, -0.2) is 42.2 Å². The maximum Gasteiger partial charge on any atom is 0.324 e. The second-order valence-corrected chi connectivity index (χ2v) is 5.68. The van der Waals surface area contributed by atoms with Crippen molar-refractivity contribution < 1.29 is 28.3 Å². The summed E-state index contributed by atoms with van der Waals surface area (Å²) in [7, 11) is -4.50. The van der Waals surface area contributed by atoms with Crippen molar-refractivity contribution in [1.29, 1.82) is 0 Å². The number of benzene rings is 1. The number of hydrogen-bond acceptors (Lipinski definition) is 6. The molecule has 0 spiro atoms. The molecule has 0 aliphatic heterocycles. The number of aliphatic hydroxyl groups excluding tert-OH is 1. The molecule has 1 aromatic rings. The Kier molecular flexibility index (Phi) is 5.00. The van der Waals surface area contributed by atoms with Gasteiger partial charge in [-0.1, -0.05) is 11.6 Å². The van der Waals surface area contributed by atoms with E-state index in [9.17, 15) is 23.3 Å². The van der Waals surface area contributed by atoms with Crippen LogP contribution < -0.4 is 4.72 Å². The van der Waals surface area contributed by atoms with Gasteiger partial charge in [0.15, 0.2) is 4.90 Å². The zero-order valence-electron chi connectivity index (χ0n) is 9.69. The van der Waals surface area contributed by atoms with Gasteiger partial charge in [-0.15, -0.1) is 0 Å². The number of carboxylic acid groups (broad SMARTS) is 1. The molecule has 1 aromatic carbocycles. The number of halogens is 1. The normalized spacial score (nSPS) is 12.9. The summed E-state index contributed by atoms with van der Waals surface area (Å²) >= 11 is 5.54. The van der Waals surface area contributed by atoms with Gasteiger partial charge in [0.25, 0.3) is 5.69 Å². The van der Waals surface area contributed by atoms with Crippen molar-refractivity contribution in [2.75, 3.05) is 6.61 Å². The molecular formula is C9H9ClN2O7S. The van der Waals surface area contributed by atoms with Crippen molar-refractivity contribution in [1.82, 2.24) is 4.72 Å². The second-order valence-electron chi connectivity index (χ2n) is 3.56. The van der Waals surface area contributed by atoms with Crippen molar-refractivity contribution in [3.05, 3.63) is 33.3 Å². The summed E-state index contributed by atoms with van der Waals surface area (Å²) in [6.45, 7) is -1.00. The topological polar surface area (TPSA) is 147 Å². The van der Waals surface area contributed by atoms with Gasteiger partial charge in [0, 0.05) is 11.1 Å². The smallest absolute Gasteiger partial charge is 0.324 e. The van der Waals surface area contributed by atoms with Gasteiger partial charge in [-0.2, -0.15) is 4.72 Å². The summed E-state index contributed by atoms with van der Waals surface area (Å²) in [5.74, 6) is -1.62. The number of aliphatic carboxylic acids is 1. The Morgan fingerprint density at radius 2 is 2.10 bits per heavy atom. The molecule has 0 fully saturated rings. The molecule has 0 aromatic heterocycles. The van der Waals surface area contributed by atoms with Gasteiger partial charge >= 0.3 is 5.97 Å². The highest BCUT2D eigenvalue weighted by Crippen LogP contribution is 2.27. The maximum absolute atomic E-state index is 11.9. The molecule has 0 unspecified atom stereocenters. The summed E-state index contributed by atoms with van der Waals surface area (Å²) in [5.41, 5.74) is -0.799. The fraction of sp³-hybridized carbons (Fsp3) is 0.222. The molecule has 1 rings (SSSR count). The minimum absolute atomic E-state index is 0.0485. The number of aliphatic hydroxyl groups is 1. The first-order chi connectivity index (χ1) is 9.19. The number of nitro groups is 1. The van der Waals surface area contributed by atoms with Crippen LogP contribution in [0, 0.1) is 10.1 Å². The predicted octanol–water partition coefficient (Wildman–Crippen LogP) is -0.0280. The minimum Gasteiger partial charge on any atom is -0.480 e. The van der Waals surface area contributed by atoms with Crippen molar-refractivity contribution in [3.63, 3.8) is 0 Å². The van der Waals surface area contributed by atoms with Crippen molar-refractivity contribution >= 4 is 33.3 Å². The third-order valence-electron chi connectivity index (χ3n) is 2.19. The zero-order valence-corrected chi connectivity index (χ0v) is 11.3. The molecular weight excluding hydrogens is 316 g/mol. The Labute approximate surface area is 118 Å². The monoisotopic (exact) mass is 324 g/mol. The molecule has 3 N–H and O–H groups in total. The lowest BCUT2D eigenvalue weighted by Crippen LogP contribution is -2.43. The van der Waals surface area contributed by atoms with Crippen LogP contribution in [0.15, 0.2) is 23.1 Å². The van der Waals surface area contributed by atoms with Crippen LogP contribution in [0.2, 0.25) is 5.02 Å². The van der Waals surface area contributed by atoms with E-state index >= 15 is 0 Å². The minimum atomic E-state index is -4.50. The molecule has 0 saturated carbocycles. The standard InChI is InChI=1S/C9H9ClN2O7S/c10-5-1-2-8(7(3-5)12(16)17)20(18,19)11-6(4-13)9(14)15/h1-3,6,11,13H,4H2,(H,14,15)/t6-/m1/s1. The second kappa shape index (κ2) is 6.13. The molecule has 1 atom stereocenters. The van der Waals surface area contributed by atoms with E-state index in [-0.39, 0.29) is 5.02 Å². The van der Waals surface area contributed by atoms with Crippen molar-refractivity contribution in [2.45, 2.75) is 10.9 Å². The van der Waals surface area contributed by atoms with Crippen molar-refractivity contribution in [2.24, 2.45) is 0 Å². The van der Waals surface area contributed by atoms with E-state index in [4.69, 9.17) is 21.8 Å². The SMILES string of the molecule is O=C(O)[C@@H](CO)NS(=O)(=O)c1ccc(Cl)cc1[N+](=O)[O-]. The van der Waals surface area contributed by atoms with Gasteiger partial charge in [0.1, 0.15) is 6.04 Å². The van der Waals surface area contributed by atoms with Gasteiger partial charge in [0.05, 0.1) is 11.5 Å². The molecule has 0 radical (unpaired) electrons. The summed E-state index contributed by atoms with van der Waals surface area (Å²) < 4.78 is 25.5. The third kappa shape index (κ3) is 3.63. The lowest BCUT2D eigenvalue weighted by atomic mass is 10.3. The highest BCUT2D eigenvalue weighted by molar-refractivity contribution is 7.89. The number of nitro benzene ring substituents is 1. The quantitative estimate of drug-likeness (QED) is 0.491. The van der Waals surface area contributed by atoms with Crippen molar-refractivity contribution in [3.8, 4) is 0 Å². The van der Waals surface area contributed by atoms with E-state index in [1.807, 2.05) is 0 Å². The molecule has 0 saturated heterocycles. The Balaban J connectivity index is 3.29. The fourth-order valence-corrected chi connectivity index (χ4v) is 2.78. The number of hydrogen-bond donors (Lipinski definition) is 3. The molecule has 20 heavy (non-hydrogen) atoms. The Bertz CT molecular complexity index is 646. The van der Waals surface area contributed by atoms with E-state index in [0.29, 0.717) is 0 Å². The molecule has 0 aliphatic rings. The Hall–Kier alpha value is -1.75. The van der Waals surface area contributed by atoms with Crippen LogP contribution in [0.1, 0.15) is 0 Å². The summed E-state index contributed by atoms with van der Waals surface area (Å²) in [4.78, 5) is 19.8. The van der Waals surface area contributed by atoms with Gasteiger partial charge in [0.2, 0.25) is 10.0 Å². The lowest BCUT2D eigenvalue weighted by Gasteiger charge is -2.12. The highest BCUT2D eigenvalue weighted by atomic mass is 35.5. The number of sulfonamides is 1. The Morgan fingerprint density at radius 3 is 2.55 bits per heavy atom. The summed E-state index contributed by atoms with van der Waals surface area (Å²) in [5, 5.41) is 28.2. The molecule has 9 nitrogen and oxygen atoms in total. The van der Waals surface area contributed by atoms with Gasteiger partial charge in [-0.25, -0.2) is 8.42 Å².